The molecule has 3 aromatic carbocycles. The maximum atomic E-state index is 14.4. The van der Waals surface area contributed by atoms with Gasteiger partial charge in [0.1, 0.15) is 41.8 Å². The van der Waals surface area contributed by atoms with E-state index in [-0.39, 0.29) is 82.5 Å². The summed E-state index contributed by atoms with van der Waals surface area (Å²) in [6.07, 6.45) is -3.49. The molecule has 0 amide bonds. The van der Waals surface area contributed by atoms with Crippen LogP contribution in [0.2, 0.25) is 0 Å². The third-order valence-corrected chi connectivity index (χ3v) is 7.87. The van der Waals surface area contributed by atoms with Crippen molar-refractivity contribution in [3.8, 4) is 17.0 Å². The van der Waals surface area contributed by atoms with Crippen molar-refractivity contribution < 1.29 is 36.9 Å². The van der Waals surface area contributed by atoms with Crippen molar-refractivity contribution in [2.45, 2.75) is 25.9 Å². The molecule has 260 valence electrons. The molecule has 0 saturated carbocycles. The zero-order valence-corrected chi connectivity index (χ0v) is 26.7. The van der Waals surface area contributed by atoms with Crippen LogP contribution in [0.3, 0.4) is 0 Å². The third kappa shape index (κ3) is 7.27. The van der Waals surface area contributed by atoms with Gasteiger partial charge in [-0.15, -0.1) is 0 Å². The second-order valence-corrected chi connectivity index (χ2v) is 11.2. The van der Waals surface area contributed by atoms with Crippen LogP contribution in [0, 0.1) is 5.82 Å². The molecule has 0 fully saturated rings. The first-order chi connectivity index (χ1) is 24.0. The van der Waals surface area contributed by atoms with Crippen LogP contribution in [0.5, 0.6) is 5.75 Å². The van der Waals surface area contributed by atoms with Gasteiger partial charge >= 0.3 is 6.18 Å². The van der Waals surface area contributed by atoms with Crippen LogP contribution in [-0.4, -0.2) is 67.9 Å². The number of aromatic hydroxyl groups is 1. The molecule has 0 unspecified atom stereocenters. The fourth-order valence-corrected chi connectivity index (χ4v) is 5.62. The Hall–Kier alpha value is -5.45. The van der Waals surface area contributed by atoms with Gasteiger partial charge in [-0.3, -0.25) is 9.36 Å². The molecule has 0 spiro atoms. The Morgan fingerprint density at radius 3 is 2.44 bits per heavy atom. The van der Waals surface area contributed by atoms with Crippen LogP contribution in [-0.2, 0) is 40.1 Å². The fraction of sp³-hybridized carbons (Fsp3) is 0.265. The van der Waals surface area contributed by atoms with Gasteiger partial charge in [0.05, 0.1) is 61.4 Å². The number of phenolic OH excluding ortho intramolecular Hbond substituents is 1. The lowest BCUT2D eigenvalue weighted by Gasteiger charge is -2.18. The van der Waals surface area contributed by atoms with E-state index in [9.17, 15) is 27.5 Å². The summed E-state index contributed by atoms with van der Waals surface area (Å²) in [5, 5.41) is 15.1. The number of methoxy groups -OCH3 is 1. The molecule has 0 aliphatic rings. The van der Waals surface area contributed by atoms with Gasteiger partial charge in [0.2, 0.25) is 0 Å². The van der Waals surface area contributed by atoms with Crippen LogP contribution < -0.4 is 11.3 Å². The highest BCUT2D eigenvalue weighted by molar-refractivity contribution is 5.98. The van der Waals surface area contributed by atoms with Gasteiger partial charge in [-0.25, -0.2) is 24.0 Å². The van der Waals surface area contributed by atoms with Crippen molar-refractivity contribution in [1.82, 2.24) is 29.3 Å². The van der Waals surface area contributed by atoms with E-state index < -0.39 is 29.7 Å². The summed E-state index contributed by atoms with van der Waals surface area (Å²) in [5.41, 5.74) is 5.80. The average Bonchev–Trinajstić information content (AvgIpc) is 3.44. The van der Waals surface area contributed by atoms with Crippen molar-refractivity contribution in [2.75, 3.05) is 39.3 Å². The quantitative estimate of drug-likeness (QED) is 0.126. The molecule has 0 bridgehead atoms. The lowest BCUT2D eigenvalue weighted by atomic mass is 10.1. The number of nitrogen functional groups attached to an aromatic ring is 1. The molecule has 3 heterocycles. The topological polar surface area (TPSA) is 152 Å². The summed E-state index contributed by atoms with van der Waals surface area (Å²) in [5.74, 6) is -1.02. The predicted octanol–water partition coefficient (Wildman–Crippen LogP) is 4.93. The van der Waals surface area contributed by atoms with Crippen LogP contribution in [0.1, 0.15) is 22.5 Å². The minimum atomic E-state index is -4.69. The summed E-state index contributed by atoms with van der Waals surface area (Å²) in [6.45, 7) is 0.618. The second-order valence-electron chi connectivity index (χ2n) is 11.2. The fourth-order valence-electron chi connectivity index (χ4n) is 5.62. The Morgan fingerprint density at radius 1 is 0.900 bits per heavy atom. The molecule has 6 aromatic rings. The molecule has 0 saturated heterocycles. The predicted molar refractivity (Wildman–Crippen MR) is 175 cm³/mol. The Morgan fingerprint density at radius 2 is 1.66 bits per heavy atom. The summed E-state index contributed by atoms with van der Waals surface area (Å²) in [6, 6.07) is 13.3. The van der Waals surface area contributed by atoms with Crippen molar-refractivity contribution in [1.29, 1.82) is 0 Å². The van der Waals surface area contributed by atoms with Gasteiger partial charge in [0.25, 0.3) is 5.56 Å². The summed E-state index contributed by atoms with van der Waals surface area (Å²) >= 11 is 0. The molecule has 12 nitrogen and oxygen atoms in total. The molecule has 0 atom stereocenters. The molecule has 0 radical (unpaired) electrons. The van der Waals surface area contributed by atoms with Gasteiger partial charge < -0.3 is 25.1 Å². The zero-order valence-electron chi connectivity index (χ0n) is 26.7. The SMILES string of the molecule is COCCOCCOCc1cccc2nc(Cn3nc(-c4cc(O)cc(F)c4)c4c(N)ncnc43)n(Cc3ccccc3C(F)(F)F)c(=O)c12. The molecule has 0 aliphatic heterocycles. The number of anilines is 1. The number of aromatic nitrogens is 6. The summed E-state index contributed by atoms with van der Waals surface area (Å²) < 4.78 is 75.3. The second kappa shape index (κ2) is 14.6. The first-order valence-electron chi connectivity index (χ1n) is 15.3. The Balaban J connectivity index is 1.47. The molecule has 0 aliphatic carbocycles. The van der Waals surface area contributed by atoms with E-state index >= 15 is 0 Å². The van der Waals surface area contributed by atoms with Crippen molar-refractivity contribution in [2.24, 2.45) is 0 Å². The number of benzene rings is 3. The number of halogens is 4. The molecule has 3 N–H and O–H groups in total. The van der Waals surface area contributed by atoms with E-state index in [0.717, 1.165) is 22.8 Å². The zero-order chi connectivity index (χ0) is 35.4. The lowest BCUT2D eigenvalue weighted by molar-refractivity contribution is -0.138. The summed E-state index contributed by atoms with van der Waals surface area (Å²) in [7, 11) is 1.56. The van der Waals surface area contributed by atoms with Crippen LogP contribution in [0.4, 0.5) is 23.4 Å². The van der Waals surface area contributed by atoms with Gasteiger partial charge in [0.15, 0.2) is 5.65 Å². The monoisotopic (exact) mass is 693 g/mol. The van der Waals surface area contributed by atoms with Crippen LogP contribution in [0.15, 0.2) is 71.8 Å². The number of nitrogens with two attached hydrogens (primary N) is 1. The van der Waals surface area contributed by atoms with Crippen molar-refractivity contribution in [3.05, 3.63) is 106 Å². The van der Waals surface area contributed by atoms with E-state index in [1.807, 2.05) is 0 Å². The van der Waals surface area contributed by atoms with E-state index in [1.165, 1.54) is 35.3 Å². The van der Waals surface area contributed by atoms with Gasteiger partial charge in [0, 0.05) is 18.7 Å². The number of rotatable bonds is 13. The molecule has 6 rings (SSSR count). The molecule has 3 aromatic heterocycles. The minimum Gasteiger partial charge on any atom is -0.508 e. The smallest absolute Gasteiger partial charge is 0.416 e. The first kappa shape index (κ1) is 34.4. The van der Waals surface area contributed by atoms with E-state index in [2.05, 4.69) is 15.1 Å². The van der Waals surface area contributed by atoms with Crippen molar-refractivity contribution in [3.63, 3.8) is 0 Å². The summed E-state index contributed by atoms with van der Waals surface area (Å²) in [4.78, 5) is 27.4. The maximum absolute atomic E-state index is 14.4. The third-order valence-electron chi connectivity index (χ3n) is 7.87. The Bertz CT molecular complexity index is 2200. The van der Waals surface area contributed by atoms with Crippen LogP contribution >= 0.6 is 0 Å². The number of fused-ring (bicyclic) bond motifs is 2. The standard InChI is InChI=1S/C34H31F4N7O5/c1-48-9-10-49-11-12-50-18-21-6-4-8-26-28(21)33(47)44(16-20-5-2-3-7-25(20)34(36,37)38)27(42-26)17-45-32-29(31(39)40-19-41-32)30(43-45)22-13-23(35)15-24(46)14-22/h2-8,13-15,19,46H,9-12,16-18H2,1H3,(H2,39,40,41). The Labute approximate surface area is 281 Å². The number of ether oxygens (including phenoxy) is 3. The number of alkyl halides is 3. The normalized spacial score (nSPS) is 11.9. The highest BCUT2D eigenvalue weighted by Gasteiger charge is 2.33. The van der Waals surface area contributed by atoms with E-state index in [1.54, 1.807) is 25.3 Å². The van der Waals surface area contributed by atoms with Gasteiger partial charge in [-0.1, -0.05) is 30.3 Å². The molecular formula is C34H31F4N7O5. The molecular weight excluding hydrogens is 662 g/mol. The lowest BCUT2D eigenvalue weighted by Crippen LogP contribution is -2.29. The maximum Gasteiger partial charge on any atom is 0.416 e. The van der Waals surface area contributed by atoms with E-state index in [0.29, 0.717) is 18.8 Å². The minimum absolute atomic E-state index is 0.0108. The highest BCUT2D eigenvalue weighted by atomic mass is 19.4. The molecule has 16 heteroatoms. The number of phenols is 1. The first-order valence-corrected chi connectivity index (χ1v) is 15.3. The largest absolute Gasteiger partial charge is 0.508 e. The van der Waals surface area contributed by atoms with Crippen LogP contribution in [0.25, 0.3) is 33.2 Å². The van der Waals surface area contributed by atoms with Gasteiger partial charge in [-0.2, -0.15) is 18.3 Å². The number of nitrogens with zero attached hydrogens (tertiary/aromatic N) is 6. The van der Waals surface area contributed by atoms with Crippen molar-refractivity contribution >= 4 is 27.8 Å². The number of hydrogen-bond donors (Lipinski definition) is 2. The highest BCUT2D eigenvalue weighted by Crippen LogP contribution is 2.34. The van der Waals surface area contributed by atoms with E-state index in [4.69, 9.17) is 24.9 Å². The molecule has 50 heavy (non-hydrogen) atoms. The number of hydrogen-bond acceptors (Lipinski definition) is 10. The Kier molecular flexibility index (Phi) is 10.0. The average molecular weight is 694 g/mol. The van der Waals surface area contributed by atoms with Gasteiger partial charge in [-0.05, 0) is 35.4 Å².